The Labute approximate surface area is 125 Å². The summed E-state index contributed by atoms with van der Waals surface area (Å²) in [7, 11) is 0. The molecule has 1 aromatic carbocycles. The molecular formula is C17H20N4. The summed E-state index contributed by atoms with van der Waals surface area (Å²) in [6.07, 6.45) is 2.47. The van der Waals surface area contributed by atoms with E-state index in [0.29, 0.717) is 11.9 Å². The van der Waals surface area contributed by atoms with Crippen molar-refractivity contribution in [3.05, 3.63) is 52.8 Å². The number of hydrogen-bond donors (Lipinski definition) is 1. The fourth-order valence-corrected chi connectivity index (χ4v) is 2.40. The van der Waals surface area contributed by atoms with Crippen LogP contribution in [0.3, 0.4) is 0 Å². The van der Waals surface area contributed by atoms with Gasteiger partial charge in [-0.05, 0) is 45.2 Å². The molecule has 3 rings (SSSR count). The van der Waals surface area contributed by atoms with Crippen LogP contribution in [0.5, 0.6) is 0 Å². The van der Waals surface area contributed by atoms with Crippen molar-refractivity contribution in [3.63, 3.8) is 0 Å². The van der Waals surface area contributed by atoms with E-state index in [2.05, 4.69) is 45.6 Å². The Morgan fingerprint density at radius 1 is 1.19 bits per heavy atom. The van der Waals surface area contributed by atoms with Crippen LogP contribution in [0.25, 0.3) is 0 Å². The maximum absolute atomic E-state index is 4.55. The molecule has 0 bridgehead atoms. The normalized spacial score (nSPS) is 15.1. The van der Waals surface area contributed by atoms with Crippen molar-refractivity contribution >= 4 is 11.7 Å². The van der Waals surface area contributed by atoms with Crippen molar-refractivity contribution < 1.29 is 0 Å². The topological polar surface area (TPSA) is 50.2 Å². The molecule has 1 heterocycles. The van der Waals surface area contributed by atoms with E-state index in [9.17, 15) is 0 Å². The molecule has 0 unspecified atom stereocenters. The minimum Gasteiger partial charge on any atom is -0.245 e. The molecule has 1 fully saturated rings. The first kappa shape index (κ1) is 13.7. The van der Waals surface area contributed by atoms with Gasteiger partial charge in [-0.15, -0.1) is 0 Å². The number of anilines is 1. The molecule has 2 aromatic rings. The summed E-state index contributed by atoms with van der Waals surface area (Å²) >= 11 is 0. The summed E-state index contributed by atoms with van der Waals surface area (Å²) in [6, 6.07) is 10.3. The van der Waals surface area contributed by atoms with Gasteiger partial charge in [-0.2, -0.15) is 5.10 Å². The minimum atomic E-state index is 0.588. The van der Waals surface area contributed by atoms with Crippen LogP contribution in [-0.4, -0.2) is 15.7 Å². The molecule has 0 radical (unpaired) electrons. The van der Waals surface area contributed by atoms with E-state index >= 15 is 0 Å². The predicted octanol–water partition coefficient (Wildman–Crippen LogP) is 3.81. The van der Waals surface area contributed by atoms with E-state index in [0.717, 1.165) is 22.7 Å². The number of aryl methyl sites for hydroxylation is 2. The first-order chi connectivity index (χ1) is 10.1. The largest absolute Gasteiger partial charge is 0.245 e. The fraction of sp³-hybridized carbons (Fsp3) is 0.353. The highest BCUT2D eigenvalue weighted by Crippen LogP contribution is 2.39. The third kappa shape index (κ3) is 3.27. The Hall–Kier alpha value is -2.23. The van der Waals surface area contributed by atoms with Crippen LogP contribution >= 0.6 is 0 Å². The second-order valence-electron chi connectivity index (χ2n) is 5.66. The van der Waals surface area contributed by atoms with Crippen LogP contribution < -0.4 is 5.43 Å². The van der Waals surface area contributed by atoms with Crippen molar-refractivity contribution in [1.29, 1.82) is 0 Å². The van der Waals surface area contributed by atoms with Crippen LogP contribution in [0.4, 0.5) is 5.95 Å². The SMILES string of the molecule is C/C(=N/Nc1nc(C)cc(C2CC2)n1)c1ccccc1C. The molecule has 4 heteroatoms. The number of hydrazone groups is 1. The van der Waals surface area contributed by atoms with Crippen molar-refractivity contribution in [2.75, 3.05) is 5.43 Å². The Kier molecular flexibility index (Phi) is 3.69. The van der Waals surface area contributed by atoms with Crippen LogP contribution in [0.1, 0.15) is 48.2 Å². The van der Waals surface area contributed by atoms with Crippen LogP contribution in [-0.2, 0) is 0 Å². The summed E-state index contributed by atoms with van der Waals surface area (Å²) in [4.78, 5) is 8.96. The highest BCUT2D eigenvalue weighted by atomic mass is 15.4. The third-order valence-electron chi connectivity index (χ3n) is 3.73. The standard InChI is InChI=1S/C17H20N4/c1-11-6-4-5-7-15(11)13(3)20-21-17-18-12(2)10-16(19-17)14-8-9-14/h4-7,10,14H,8-9H2,1-3H3,(H,18,19,21)/b20-13-. The van der Waals surface area contributed by atoms with E-state index in [4.69, 9.17) is 0 Å². The quantitative estimate of drug-likeness (QED) is 0.684. The first-order valence-corrected chi connectivity index (χ1v) is 7.35. The maximum Gasteiger partial charge on any atom is 0.243 e. The van der Waals surface area contributed by atoms with Crippen LogP contribution in [0, 0.1) is 13.8 Å². The minimum absolute atomic E-state index is 0.588. The first-order valence-electron chi connectivity index (χ1n) is 7.35. The van der Waals surface area contributed by atoms with E-state index in [-0.39, 0.29) is 0 Å². The summed E-state index contributed by atoms with van der Waals surface area (Å²) in [5.74, 6) is 1.21. The second kappa shape index (κ2) is 5.64. The lowest BCUT2D eigenvalue weighted by Gasteiger charge is -2.07. The summed E-state index contributed by atoms with van der Waals surface area (Å²) < 4.78 is 0. The van der Waals surface area contributed by atoms with E-state index < -0.39 is 0 Å². The van der Waals surface area contributed by atoms with Crippen molar-refractivity contribution in [3.8, 4) is 0 Å². The molecule has 4 nitrogen and oxygen atoms in total. The Balaban J connectivity index is 1.80. The molecule has 108 valence electrons. The van der Waals surface area contributed by atoms with Gasteiger partial charge in [0.05, 0.1) is 5.71 Å². The number of hydrogen-bond acceptors (Lipinski definition) is 4. The van der Waals surface area contributed by atoms with Gasteiger partial charge in [-0.1, -0.05) is 24.3 Å². The zero-order valence-corrected chi connectivity index (χ0v) is 12.7. The molecular weight excluding hydrogens is 260 g/mol. The predicted molar refractivity (Wildman–Crippen MR) is 85.8 cm³/mol. The molecule has 0 amide bonds. The van der Waals surface area contributed by atoms with Gasteiger partial charge in [-0.25, -0.2) is 15.4 Å². The molecule has 0 aliphatic heterocycles. The van der Waals surface area contributed by atoms with Gasteiger partial charge in [0.1, 0.15) is 0 Å². The number of nitrogens with zero attached hydrogens (tertiary/aromatic N) is 3. The summed E-state index contributed by atoms with van der Waals surface area (Å²) in [6.45, 7) is 6.08. The molecule has 21 heavy (non-hydrogen) atoms. The lowest BCUT2D eigenvalue weighted by molar-refractivity contribution is 0.960. The maximum atomic E-state index is 4.55. The zero-order valence-electron chi connectivity index (χ0n) is 12.7. The zero-order chi connectivity index (χ0) is 14.8. The van der Waals surface area contributed by atoms with Crippen molar-refractivity contribution in [2.24, 2.45) is 5.10 Å². The van der Waals surface area contributed by atoms with Gasteiger partial charge in [0.2, 0.25) is 5.95 Å². The smallest absolute Gasteiger partial charge is 0.243 e. The van der Waals surface area contributed by atoms with E-state index in [1.54, 1.807) is 0 Å². The molecule has 0 saturated heterocycles. The number of nitrogens with one attached hydrogen (secondary N) is 1. The van der Waals surface area contributed by atoms with Crippen LogP contribution in [0.2, 0.25) is 0 Å². The van der Waals surface area contributed by atoms with Gasteiger partial charge in [0.15, 0.2) is 0 Å². The number of rotatable bonds is 4. The average molecular weight is 280 g/mol. The highest BCUT2D eigenvalue weighted by molar-refractivity contribution is 6.00. The Morgan fingerprint density at radius 2 is 1.95 bits per heavy atom. The monoisotopic (exact) mass is 280 g/mol. The molecule has 1 aliphatic rings. The van der Waals surface area contributed by atoms with Crippen LogP contribution in [0.15, 0.2) is 35.4 Å². The van der Waals surface area contributed by atoms with Crippen molar-refractivity contribution in [2.45, 2.75) is 39.5 Å². The fourth-order valence-electron chi connectivity index (χ4n) is 2.40. The number of benzene rings is 1. The van der Waals surface area contributed by atoms with Gasteiger partial charge in [0, 0.05) is 22.9 Å². The van der Waals surface area contributed by atoms with Gasteiger partial charge in [0.25, 0.3) is 0 Å². The molecule has 1 aliphatic carbocycles. The Bertz CT molecular complexity index is 687. The van der Waals surface area contributed by atoms with E-state index in [1.807, 2.05) is 26.0 Å². The van der Waals surface area contributed by atoms with Gasteiger partial charge in [-0.3, -0.25) is 0 Å². The molecule has 0 atom stereocenters. The summed E-state index contributed by atoms with van der Waals surface area (Å²) in [5.41, 5.74) is 8.40. The molecule has 1 aromatic heterocycles. The van der Waals surface area contributed by atoms with Crippen molar-refractivity contribution in [1.82, 2.24) is 9.97 Å². The lowest BCUT2D eigenvalue weighted by Crippen LogP contribution is -2.05. The molecule has 0 spiro atoms. The molecule has 1 N–H and O–H groups in total. The van der Waals surface area contributed by atoms with Gasteiger partial charge >= 0.3 is 0 Å². The van der Waals surface area contributed by atoms with E-state index in [1.165, 1.54) is 18.4 Å². The van der Waals surface area contributed by atoms with Gasteiger partial charge < -0.3 is 0 Å². The molecule has 1 saturated carbocycles. The summed E-state index contributed by atoms with van der Waals surface area (Å²) in [5, 5.41) is 4.43. The second-order valence-corrected chi connectivity index (χ2v) is 5.66. The Morgan fingerprint density at radius 3 is 2.67 bits per heavy atom. The number of aromatic nitrogens is 2. The average Bonchev–Trinajstić information content (AvgIpc) is 3.29. The lowest BCUT2D eigenvalue weighted by atomic mass is 10.1. The third-order valence-corrected chi connectivity index (χ3v) is 3.73. The highest BCUT2D eigenvalue weighted by Gasteiger charge is 2.25.